The van der Waals surface area contributed by atoms with E-state index in [1.54, 1.807) is 52.0 Å². The third kappa shape index (κ3) is 5.42. The summed E-state index contributed by atoms with van der Waals surface area (Å²) < 4.78 is 21.1. The molecule has 0 fully saturated rings. The van der Waals surface area contributed by atoms with E-state index in [2.05, 4.69) is 4.99 Å². The number of carbonyl (C=O) groups excluding carboxylic acids is 3. The first-order valence-electron chi connectivity index (χ1n) is 10.2. The van der Waals surface area contributed by atoms with Crippen LogP contribution in [0.15, 0.2) is 40.7 Å². The highest BCUT2D eigenvalue weighted by atomic mass is 16.5. The molecular formula is C22H28N2O7. The highest BCUT2D eigenvalue weighted by Gasteiger charge is 2.45. The lowest BCUT2D eigenvalue weighted by Crippen LogP contribution is -2.40. The van der Waals surface area contributed by atoms with Gasteiger partial charge in [-0.1, -0.05) is 12.1 Å². The highest BCUT2D eigenvalue weighted by molar-refractivity contribution is 6.05. The molecule has 168 valence electrons. The third-order valence-electron chi connectivity index (χ3n) is 4.50. The van der Waals surface area contributed by atoms with E-state index in [1.165, 1.54) is 0 Å². The summed E-state index contributed by atoms with van der Waals surface area (Å²) in [5, 5.41) is 0. The van der Waals surface area contributed by atoms with Gasteiger partial charge in [-0.2, -0.15) is 4.99 Å². The maximum absolute atomic E-state index is 12.9. The zero-order chi connectivity index (χ0) is 23.0. The first-order valence-corrected chi connectivity index (χ1v) is 10.2. The fourth-order valence-corrected chi connectivity index (χ4v) is 3.33. The van der Waals surface area contributed by atoms with Crippen LogP contribution < -0.4 is 5.73 Å². The van der Waals surface area contributed by atoms with Gasteiger partial charge < -0.3 is 24.7 Å². The molecule has 1 aliphatic heterocycles. The van der Waals surface area contributed by atoms with Gasteiger partial charge in [0.05, 0.1) is 37.6 Å². The van der Waals surface area contributed by atoms with Gasteiger partial charge in [-0.15, -0.1) is 0 Å². The van der Waals surface area contributed by atoms with E-state index in [0.29, 0.717) is 5.56 Å². The maximum Gasteiger partial charge on any atom is 0.338 e. The molecule has 0 radical (unpaired) electrons. The largest absolute Gasteiger partial charge is 0.480 e. The Bertz CT molecular complexity index is 892. The molecule has 2 rings (SSSR count). The van der Waals surface area contributed by atoms with Crippen molar-refractivity contribution < 1.29 is 33.3 Å². The monoisotopic (exact) mass is 432 g/mol. The van der Waals surface area contributed by atoms with Crippen LogP contribution in [0.1, 0.15) is 49.5 Å². The third-order valence-corrected chi connectivity index (χ3v) is 4.50. The summed E-state index contributed by atoms with van der Waals surface area (Å²) >= 11 is 0. The van der Waals surface area contributed by atoms with E-state index in [0.717, 1.165) is 0 Å². The van der Waals surface area contributed by atoms with Gasteiger partial charge in [0.1, 0.15) is 11.7 Å². The average molecular weight is 432 g/mol. The molecule has 9 heteroatoms. The molecule has 1 heterocycles. The molecule has 0 spiro atoms. The predicted molar refractivity (Wildman–Crippen MR) is 112 cm³/mol. The van der Waals surface area contributed by atoms with Crippen LogP contribution in [0.3, 0.4) is 0 Å². The quantitative estimate of drug-likeness (QED) is 0.490. The van der Waals surface area contributed by atoms with Crippen LogP contribution in [0, 0.1) is 5.92 Å². The average Bonchev–Trinajstić information content (AvgIpc) is 2.74. The fraction of sp³-hybridized carbons (Fsp3) is 0.455. The number of benzene rings is 1. The fourth-order valence-electron chi connectivity index (χ4n) is 3.33. The molecule has 2 atom stereocenters. The Balaban J connectivity index is 2.69. The minimum absolute atomic E-state index is 0.00404. The molecule has 0 aromatic heterocycles. The normalized spacial score (nSPS) is 18.1. The van der Waals surface area contributed by atoms with Crippen molar-refractivity contribution in [3.8, 4) is 0 Å². The minimum atomic E-state index is -1.08. The second-order valence-electron chi connectivity index (χ2n) is 6.46. The smallest absolute Gasteiger partial charge is 0.338 e. The number of hydrogen-bond acceptors (Lipinski definition) is 9. The Labute approximate surface area is 181 Å². The summed E-state index contributed by atoms with van der Waals surface area (Å²) in [5.74, 6) is -3.94. The molecule has 2 unspecified atom stereocenters. The summed E-state index contributed by atoms with van der Waals surface area (Å²) in [6.45, 7) is 7.44. The van der Waals surface area contributed by atoms with E-state index in [9.17, 15) is 14.4 Å². The molecule has 31 heavy (non-hydrogen) atoms. The van der Waals surface area contributed by atoms with Crippen molar-refractivity contribution >= 4 is 23.8 Å². The lowest BCUT2D eigenvalue weighted by atomic mass is 9.78. The lowest BCUT2D eigenvalue weighted by molar-refractivity contribution is -0.146. The molecule has 2 N–H and O–H groups in total. The van der Waals surface area contributed by atoms with Crippen molar-refractivity contribution in [2.45, 2.75) is 33.6 Å². The number of nitrogens with two attached hydrogens (primary N) is 1. The summed E-state index contributed by atoms with van der Waals surface area (Å²) in [6.07, 6.45) is 0. The topological polar surface area (TPSA) is 127 Å². The van der Waals surface area contributed by atoms with Gasteiger partial charge in [0.2, 0.25) is 5.90 Å². The van der Waals surface area contributed by atoms with E-state index < -0.39 is 29.7 Å². The van der Waals surface area contributed by atoms with E-state index >= 15 is 0 Å². The highest BCUT2D eigenvalue weighted by Crippen LogP contribution is 2.39. The van der Waals surface area contributed by atoms with Gasteiger partial charge in [-0.05, 0) is 45.4 Å². The second kappa shape index (κ2) is 11.1. The van der Waals surface area contributed by atoms with E-state index in [1.807, 2.05) is 0 Å². The van der Waals surface area contributed by atoms with Crippen LogP contribution in [-0.2, 0) is 28.5 Å². The van der Waals surface area contributed by atoms with Crippen LogP contribution in [0.5, 0.6) is 0 Å². The molecule has 9 nitrogen and oxygen atoms in total. The second-order valence-corrected chi connectivity index (χ2v) is 6.46. The van der Waals surface area contributed by atoms with Crippen LogP contribution >= 0.6 is 0 Å². The molecule has 0 saturated heterocycles. The van der Waals surface area contributed by atoms with Gasteiger partial charge in [0.15, 0.2) is 0 Å². The molecule has 1 aromatic rings. The van der Waals surface area contributed by atoms with Crippen molar-refractivity contribution in [2.75, 3.05) is 26.4 Å². The maximum atomic E-state index is 12.9. The zero-order valence-corrected chi connectivity index (χ0v) is 18.2. The van der Waals surface area contributed by atoms with Crippen LogP contribution in [0.4, 0.5) is 0 Å². The molecular weight excluding hydrogens is 404 g/mol. The SMILES string of the molecule is CCOC(=O)C1=C(N)N=C(OCC)C(C(=O)OCC)C1c1cccc(C(=O)OCC)c1. The molecule has 0 bridgehead atoms. The molecule has 0 amide bonds. The molecule has 0 aliphatic carbocycles. The number of rotatable bonds is 8. The number of ether oxygens (including phenoxy) is 4. The summed E-state index contributed by atoms with van der Waals surface area (Å²) in [4.78, 5) is 42.1. The van der Waals surface area contributed by atoms with Crippen LogP contribution in [0.25, 0.3) is 0 Å². The zero-order valence-electron chi connectivity index (χ0n) is 18.2. The standard InChI is InChI=1S/C22H28N2O7/c1-5-28-19-17(22(27)31-8-4)15(16(18(23)24-19)21(26)30-7-3)13-10-9-11-14(12-13)20(25)29-6-2/h9-12,15,17H,5-8,23H2,1-4H3. The van der Waals surface area contributed by atoms with E-state index in [-0.39, 0.29) is 49.3 Å². The Morgan fingerprint density at radius 1 is 0.935 bits per heavy atom. The number of esters is 3. The first kappa shape index (κ1) is 23.9. The first-order chi connectivity index (χ1) is 14.9. The van der Waals surface area contributed by atoms with Crippen LogP contribution in [0.2, 0.25) is 0 Å². The summed E-state index contributed by atoms with van der Waals surface area (Å²) in [5.41, 5.74) is 6.85. The summed E-state index contributed by atoms with van der Waals surface area (Å²) in [7, 11) is 0. The Hall–Kier alpha value is -3.36. The van der Waals surface area contributed by atoms with Crippen molar-refractivity contribution in [3.05, 3.63) is 46.8 Å². The predicted octanol–water partition coefficient (Wildman–Crippen LogP) is 2.31. The Kier molecular flexibility index (Phi) is 8.60. The lowest BCUT2D eigenvalue weighted by Gasteiger charge is -2.31. The van der Waals surface area contributed by atoms with E-state index in [4.69, 9.17) is 24.7 Å². The van der Waals surface area contributed by atoms with Gasteiger partial charge in [-0.25, -0.2) is 9.59 Å². The van der Waals surface area contributed by atoms with Gasteiger partial charge in [-0.3, -0.25) is 4.79 Å². The van der Waals surface area contributed by atoms with Crippen molar-refractivity contribution in [1.29, 1.82) is 0 Å². The summed E-state index contributed by atoms with van der Waals surface area (Å²) in [6, 6.07) is 6.45. The number of carbonyl (C=O) groups is 3. The Morgan fingerprint density at radius 3 is 2.19 bits per heavy atom. The van der Waals surface area contributed by atoms with Gasteiger partial charge in [0, 0.05) is 5.92 Å². The molecule has 1 aliphatic rings. The Morgan fingerprint density at radius 2 is 1.58 bits per heavy atom. The van der Waals surface area contributed by atoms with Crippen molar-refractivity contribution in [2.24, 2.45) is 16.6 Å². The van der Waals surface area contributed by atoms with Crippen molar-refractivity contribution in [3.63, 3.8) is 0 Å². The molecule has 1 aromatic carbocycles. The van der Waals surface area contributed by atoms with Gasteiger partial charge >= 0.3 is 17.9 Å². The van der Waals surface area contributed by atoms with Crippen LogP contribution in [-0.4, -0.2) is 50.2 Å². The number of aliphatic imine (C=N–C) groups is 1. The number of nitrogens with zero attached hydrogens (tertiary/aromatic N) is 1. The van der Waals surface area contributed by atoms with Crippen molar-refractivity contribution in [1.82, 2.24) is 0 Å². The minimum Gasteiger partial charge on any atom is -0.480 e. The molecule has 0 saturated carbocycles. The number of hydrogen-bond donors (Lipinski definition) is 1. The van der Waals surface area contributed by atoms with Gasteiger partial charge in [0.25, 0.3) is 0 Å².